The van der Waals surface area contributed by atoms with E-state index in [1.54, 1.807) is 11.3 Å². The number of hydrogen-bond acceptors (Lipinski definition) is 3. The normalized spacial score (nSPS) is 22.6. The van der Waals surface area contributed by atoms with Crippen molar-refractivity contribution in [3.8, 4) is 0 Å². The van der Waals surface area contributed by atoms with E-state index in [1.807, 2.05) is 22.4 Å². The molecule has 2 N–H and O–H groups in total. The van der Waals surface area contributed by atoms with Gasteiger partial charge >= 0.3 is 6.03 Å². The highest BCUT2D eigenvalue weighted by Gasteiger charge is 2.39. The predicted molar refractivity (Wildman–Crippen MR) is 72.8 cm³/mol. The number of urea groups is 1. The Bertz CT molecular complexity index is 470. The summed E-state index contributed by atoms with van der Waals surface area (Å²) in [6.45, 7) is 1.20. The number of carbonyl (C=O) groups excluding carboxylic acids is 2. The van der Waals surface area contributed by atoms with Gasteiger partial charge in [-0.15, -0.1) is 11.3 Å². The fraction of sp³-hybridized carbons (Fsp3) is 0.538. The first kappa shape index (κ1) is 12.5. The molecule has 2 heterocycles. The Labute approximate surface area is 116 Å². The number of thiophene rings is 1. The number of hydrogen-bond donors (Lipinski definition) is 2. The summed E-state index contributed by atoms with van der Waals surface area (Å²) in [7, 11) is 0. The summed E-state index contributed by atoms with van der Waals surface area (Å²) in [5.74, 6) is 0.172. The topological polar surface area (TPSA) is 61.4 Å². The fourth-order valence-corrected chi connectivity index (χ4v) is 3.03. The highest BCUT2D eigenvalue weighted by molar-refractivity contribution is 7.09. The first-order valence-electron chi connectivity index (χ1n) is 6.58. The second-order valence-electron chi connectivity index (χ2n) is 5.08. The van der Waals surface area contributed by atoms with E-state index < -0.39 is 0 Å². The maximum atomic E-state index is 11.7. The van der Waals surface area contributed by atoms with Gasteiger partial charge in [0, 0.05) is 23.9 Å². The molecule has 1 saturated heterocycles. The van der Waals surface area contributed by atoms with Crippen molar-refractivity contribution in [2.24, 2.45) is 0 Å². The molecule has 1 saturated carbocycles. The highest BCUT2D eigenvalue weighted by Crippen LogP contribution is 2.30. The quantitative estimate of drug-likeness (QED) is 0.873. The summed E-state index contributed by atoms with van der Waals surface area (Å²) in [6, 6.07) is 4.15. The van der Waals surface area contributed by atoms with Gasteiger partial charge in [0.2, 0.25) is 5.91 Å². The van der Waals surface area contributed by atoms with E-state index in [1.165, 1.54) is 0 Å². The van der Waals surface area contributed by atoms with Crippen LogP contribution in [0.2, 0.25) is 0 Å². The van der Waals surface area contributed by atoms with Crippen LogP contribution in [-0.2, 0) is 11.3 Å². The molecule has 19 heavy (non-hydrogen) atoms. The lowest BCUT2D eigenvalue weighted by molar-refractivity contribution is -0.128. The molecule has 1 aromatic heterocycles. The smallest absolute Gasteiger partial charge is 0.315 e. The molecule has 0 unspecified atom stereocenters. The lowest BCUT2D eigenvalue weighted by atomic mass is 10.2. The summed E-state index contributed by atoms with van der Waals surface area (Å²) in [4.78, 5) is 26.5. The summed E-state index contributed by atoms with van der Waals surface area (Å²) in [6.07, 6.45) is 2.66. The van der Waals surface area contributed by atoms with Crippen molar-refractivity contribution in [3.63, 3.8) is 0 Å². The van der Waals surface area contributed by atoms with Gasteiger partial charge in [-0.05, 0) is 24.3 Å². The van der Waals surface area contributed by atoms with E-state index in [0.717, 1.165) is 17.7 Å². The maximum Gasteiger partial charge on any atom is 0.315 e. The van der Waals surface area contributed by atoms with Crippen LogP contribution in [0.15, 0.2) is 17.5 Å². The van der Waals surface area contributed by atoms with Crippen LogP contribution in [0, 0.1) is 0 Å². The molecule has 102 valence electrons. The summed E-state index contributed by atoms with van der Waals surface area (Å²) in [5, 5.41) is 7.68. The molecule has 0 spiro atoms. The summed E-state index contributed by atoms with van der Waals surface area (Å²) < 4.78 is 0. The van der Waals surface area contributed by atoms with Crippen molar-refractivity contribution >= 4 is 23.3 Å². The minimum atomic E-state index is -0.191. The predicted octanol–water partition coefficient (Wildman–Crippen LogP) is 1.31. The molecule has 1 atom stereocenters. The molecular weight excluding hydrogens is 262 g/mol. The molecule has 6 heteroatoms. The molecule has 1 aromatic rings. The lowest BCUT2D eigenvalue weighted by Gasteiger charge is -2.16. The molecular formula is C13H17N3O2S. The zero-order valence-corrected chi connectivity index (χ0v) is 11.4. The van der Waals surface area contributed by atoms with Gasteiger partial charge in [-0.25, -0.2) is 4.79 Å². The second-order valence-corrected chi connectivity index (χ2v) is 6.12. The summed E-state index contributed by atoms with van der Waals surface area (Å²) in [5.41, 5.74) is 0. The Morgan fingerprint density at radius 1 is 1.47 bits per heavy atom. The molecule has 3 rings (SSSR count). The molecule has 5 nitrogen and oxygen atoms in total. The van der Waals surface area contributed by atoms with Gasteiger partial charge in [0.25, 0.3) is 0 Å². The third-order valence-corrected chi connectivity index (χ3v) is 4.36. The summed E-state index contributed by atoms with van der Waals surface area (Å²) >= 11 is 1.62. The number of nitrogens with zero attached hydrogens (tertiary/aromatic N) is 1. The van der Waals surface area contributed by atoms with E-state index in [4.69, 9.17) is 0 Å². The van der Waals surface area contributed by atoms with E-state index >= 15 is 0 Å². The molecule has 0 radical (unpaired) electrons. The monoisotopic (exact) mass is 279 g/mol. The molecule has 1 aliphatic heterocycles. The number of amides is 3. The third-order valence-electron chi connectivity index (χ3n) is 3.48. The Kier molecular flexibility index (Phi) is 3.42. The third kappa shape index (κ3) is 3.07. The molecule has 0 bridgehead atoms. The zero-order valence-electron chi connectivity index (χ0n) is 10.6. The first-order valence-corrected chi connectivity index (χ1v) is 7.46. The van der Waals surface area contributed by atoms with Crippen LogP contribution in [-0.4, -0.2) is 35.5 Å². The molecule has 3 amide bonds. The van der Waals surface area contributed by atoms with Crippen molar-refractivity contribution in [3.05, 3.63) is 22.4 Å². The van der Waals surface area contributed by atoms with Crippen molar-refractivity contribution in [1.29, 1.82) is 0 Å². The second kappa shape index (κ2) is 5.21. The van der Waals surface area contributed by atoms with Crippen LogP contribution in [0.3, 0.4) is 0 Å². The lowest BCUT2D eigenvalue weighted by Crippen LogP contribution is -2.43. The van der Waals surface area contributed by atoms with Crippen LogP contribution in [0.5, 0.6) is 0 Å². The minimum absolute atomic E-state index is 0.0450. The van der Waals surface area contributed by atoms with Gasteiger partial charge in [-0.2, -0.15) is 0 Å². The Morgan fingerprint density at radius 2 is 2.32 bits per heavy atom. The zero-order chi connectivity index (χ0) is 13.2. The van der Waals surface area contributed by atoms with Crippen LogP contribution >= 0.6 is 11.3 Å². The largest absolute Gasteiger partial charge is 0.338 e. The van der Waals surface area contributed by atoms with Crippen LogP contribution in [0.4, 0.5) is 4.79 Å². The van der Waals surface area contributed by atoms with Crippen molar-refractivity contribution in [2.45, 2.75) is 37.9 Å². The minimum Gasteiger partial charge on any atom is -0.338 e. The van der Waals surface area contributed by atoms with Crippen molar-refractivity contribution < 1.29 is 9.59 Å². The van der Waals surface area contributed by atoms with Gasteiger partial charge in [0.05, 0.1) is 12.6 Å². The highest BCUT2D eigenvalue weighted by atomic mass is 32.1. The molecule has 0 aromatic carbocycles. The first-order chi connectivity index (χ1) is 9.22. The van der Waals surface area contributed by atoms with E-state index in [9.17, 15) is 9.59 Å². The van der Waals surface area contributed by atoms with Gasteiger partial charge in [-0.1, -0.05) is 6.07 Å². The van der Waals surface area contributed by atoms with E-state index in [-0.39, 0.29) is 18.0 Å². The van der Waals surface area contributed by atoms with Crippen molar-refractivity contribution in [2.75, 3.05) is 6.54 Å². The molecule has 1 aliphatic carbocycles. The van der Waals surface area contributed by atoms with Gasteiger partial charge in [0.15, 0.2) is 0 Å². The van der Waals surface area contributed by atoms with Crippen LogP contribution in [0.25, 0.3) is 0 Å². The van der Waals surface area contributed by atoms with E-state index in [0.29, 0.717) is 25.6 Å². The number of carbonyl (C=O) groups is 2. The Hall–Kier alpha value is -1.56. The maximum absolute atomic E-state index is 11.7. The number of rotatable bonds is 4. The van der Waals surface area contributed by atoms with Crippen molar-refractivity contribution in [1.82, 2.24) is 15.5 Å². The molecule has 2 aliphatic rings. The average molecular weight is 279 g/mol. The van der Waals surface area contributed by atoms with Crippen LogP contribution < -0.4 is 10.6 Å². The van der Waals surface area contributed by atoms with Gasteiger partial charge < -0.3 is 15.5 Å². The average Bonchev–Trinajstić information content (AvgIpc) is 2.96. The molecule has 2 fully saturated rings. The fourth-order valence-electron chi connectivity index (χ4n) is 2.38. The van der Waals surface area contributed by atoms with E-state index in [2.05, 4.69) is 10.6 Å². The SMILES string of the molecule is O=C(NCc1cccs1)N[C@@H]1CC(=O)N(C2CC2)C1. The number of nitrogens with one attached hydrogen (secondary N) is 2. The number of likely N-dealkylation sites (tertiary alicyclic amines) is 1. The standard InChI is InChI=1S/C13H17N3O2S/c17-12-6-9(8-16(12)10-3-4-10)15-13(18)14-7-11-2-1-5-19-11/h1-2,5,9-10H,3-4,6-8H2,(H2,14,15,18)/t9-/m1/s1. The van der Waals surface area contributed by atoms with Gasteiger partial charge in [0.1, 0.15) is 0 Å². The van der Waals surface area contributed by atoms with Gasteiger partial charge in [-0.3, -0.25) is 4.79 Å². The Morgan fingerprint density at radius 3 is 3.00 bits per heavy atom. The Balaban J connectivity index is 1.43. The van der Waals surface area contributed by atoms with Crippen LogP contribution in [0.1, 0.15) is 24.1 Å².